The molecule has 0 fully saturated rings. The molecule has 1 aromatic heterocycles. The quantitative estimate of drug-likeness (QED) is 0.907. The van der Waals surface area contributed by atoms with E-state index in [1.54, 1.807) is 19.1 Å². The highest BCUT2D eigenvalue weighted by molar-refractivity contribution is 6.08. The number of fused-ring (bicyclic) bond motifs is 1. The van der Waals surface area contributed by atoms with Crippen LogP contribution in [0.4, 0.5) is 5.69 Å². The topological polar surface area (TPSA) is 71.1 Å². The molecule has 0 bridgehead atoms. The molecular weight excluding hydrogens is 266 g/mol. The molecule has 21 heavy (non-hydrogen) atoms. The van der Waals surface area contributed by atoms with Crippen molar-refractivity contribution < 1.29 is 9.59 Å². The molecule has 0 aliphatic heterocycles. The summed E-state index contributed by atoms with van der Waals surface area (Å²) in [5, 5.41) is 6.34. The van der Waals surface area contributed by atoms with Crippen molar-refractivity contribution in [3.63, 3.8) is 0 Å². The van der Waals surface area contributed by atoms with Gasteiger partial charge in [0.1, 0.15) is 0 Å². The first-order valence-corrected chi connectivity index (χ1v) is 7.04. The van der Waals surface area contributed by atoms with E-state index in [9.17, 15) is 9.59 Å². The van der Waals surface area contributed by atoms with Gasteiger partial charge in [-0.1, -0.05) is 13.0 Å². The molecule has 1 aromatic carbocycles. The van der Waals surface area contributed by atoms with Crippen LogP contribution in [0.15, 0.2) is 24.3 Å². The Morgan fingerprint density at radius 2 is 1.95 bits per heavy atom. The van der Waals surface area contributed by atoms with Crippen LogP contribution in [0.1, 0.15) is 36.3 Å². The zero-order chi connectivity index (χ0) is 15.4. The molecule has 5 heteroatoms. The highest BCUT2D eigenvalue weighted by atomic mass is 16.2. The summed E-state index contributed by atoms with van der Waals surface area (Å²) < 4.78 is 0. The van der Waals surface area contributed by atoms with Crippen molar-refractivity contribution in [2.45, 2.75) is 27.2 Å². The van der Waals surface area contributed by atoms with Gasteiger partial charge in [-0.25, -0.2) is 0 Å². The van der Waals surface area contributed by atoms with Crippen molar-refractivity contribution in [3.8, 4) is 0 Å². The number of nitrogens with zero attached hydrogens (tertiary/aromatic N) is 1. The van der Waals surface area contributed by atoms with Crippen LogP contribution in [-0.2, 0) is 4.79 Å². The average Bonchev–Trinajstić information content (AvgIpc) is 2.46. The molecule has 2 rings (SSSR count). The predicted molar refractivity (Wildman–Crippen MR) is 83.4 cm³/mol. The first-order chi connectivity index (χ1) is 10.0. The maximum atomic E-state index is 12.2. The summed E-state index contributed by atoms with van der Waals surface area (Å²) in [4.78, 5) is 28.2. The van der Waals surface area contributed by atoms with Crippen LogP contribution in [0.3, 0.4) is 0 Å². The van der Waals surface area contributed by atoms with Crippen LogP contribution in [-0.4, -0.2) is 23.3 Å². The lowest BCUT2D eigenvalue weighted by Gasteiger charge is -2.11. The summed E-state index contributed by atoms with van der Waals surface area (Å²) in [7, 11) is 0. The number of nitrogens with one attached hydrogen (secondary N) is 2. The summed E-state index contributed by atoms with van der Waals surface area (Å²) in [5.74, 6) is -0.260. The second-order valence-corrected chi connectivity index (χ2v) is 4.80. The molecule has 2 amide bonds. The third-order valence-electron chi connectivity index (χ3n) is 3.13. The number of hydrogen-bond acceptors (Lipinski definition) is 3. The monoisotopic (exact) mass is 285 g/mol. The fourth-order valence-corrected chi connectivity index (χ4v) is 2.10. The number of anilines is 1. The number of aromatic nitrogens is 1. The Balaban J connectivity index is 2.57. The van der Waals surface area contributed by atoms with E-state index in [1.165, 1.54) is 0 Å². The SMILES string of the molecule is CCNC(=O)c1cc(NC(=O)CC)cc2nc(C)ccc12. The van der Waals surface area contributed by atoms with Gasteiger partial charge < -0.3 is 10.6 Å². The molecule has 0 unspecified atom stereocenters. The van der Waals surface area contributed by atoms with E-state index in [0.717, 1.165) is 11.1 Å². The highest BCUT2D eigenvalue weighted by Gasteiger charge is 2.13. The van der Waals surface area contributed by atoms with E-state index in [1.807, 2.05) is 26.0 Å². The van der Waals surface area contributed by atoms with E-state index >= 15 is 0 Å². The molecule has 0 aliphatic rings. The Kier molecular flexibility index (Phi) is 4.52. The molecule has 2 aromatic rings. The molecule has 110 valence electrons. The molecule has 0 spiro atoms. The normalized spacial score (nSPS) is 10.4. The lowest BCUT2D eigenvalue weighted by atomic mass is 10.1. The maximum absolute atomic E-state index is 12.2. The highest BCUT2D eigenvalue weighted by Crippen LogP contribution is 2.23. The van der Waals surface area contributed by atoms with Crippen molar-refractivity contribution >= 4 is 28.4 Å². The van der Waals surface area contributed by atoms with Crippen molar-refractivity contribution in [3.05, 3.63) is 35.5 Å². The number of benzene rings is 1. The van der Waals surface area contributed by atoms with Crippen LogP contribution in [0.25, 0.3) is 10.9 Å². The van der Waals surface area contributed by atoms with Gasteiger partial charge >= 0.3 is 0 Å². The predicted octanol–water partition coefficient (Wildman–Crippen LogP) is 2.64. The fourth-order valence-electron chi connectivity index (χ4n) is 2.10. The van der Waals surface area contributed by atoms with Gasteiger partial charge in [0.05, 0.1) is 11.1 Å². The van der Waals surface area contributed by atoms with Crippen molar-refractivity contribution in [2.75, 3.05) is 11.9 Å². The standard InChI is InChI=1S/C16H19N3O2/c1-4-15(20)19-11-8-13(16(21)17-5-2)12-7-6-10(3)18-14(12)9-11/h6-9H,4-5H2,1-3H3,(H,17,21)(H,19,20). The minimum absolute atomic E-state index is 0.0937. The smallest absolute Gasteiger partial charge is 0.252 e. The first kappa shape index (κ1) is 15.0. The molecule has 0 aliphatic carbocycles. The first-order valence-electron chi connectivity index (χ1n) is 7.04. The molecule has 0 radical (unpaired) electrons. The van der Waals surface area contributed by atoms with Gasteiger partial charge in [-0.2, -0.15) is 0 Å². The molecule has 0 atom stereocenters. The Morgan fingerprint density at radius 1 is 1.19 bits per heavy atom. The van der Waals surface area contributed by atoms with E-state index < -0.39 is 0 Å². The maximum Gasteiger partial charge on any atom is 0.252 e. The van der Waals surface area contributed by atoms with Gasteiger partial charge in [0, 0.05) is 29.7 Å². The van der Waals surface area contributed by atoms with Gasteiger partial charge in [0.2, 0.25) is 5.91 Å². The van der Waals surface area contributed by atoms with Crippen LogP contribution in [0.5, 0.6) is 0 Å². The lowest BCUT2D eigenvalue weighted by Crippen LogP contribution is -2.23. The van der Waals surface area contributed by atoms with Crippen molar-refractivity contribution in [2.24, 2.45) is 0 Å². The molecule has 5 nitrogen and oxygen atoms in total. The van der Waals surface area contributed by atoms with Crippen LogP contribution in [0.2, 0.25) is 0 Å². The largest absolute Gasteiger partial charge is 0.352 e. The number of pyridine rings is 1. The summed E-state index contributed by atoms with van der Waals surface area (Å²) in [6, 6.07) is 7.24. The van der Waals surface area contributed by atoms with Gasteiger partial charge in [0.25, 0.3) is 5.91 Å². The average molecular weight is 285 g/mol. The number of hydrogen-bond donors (Lipinski definition) is 2. The molecule has 2 N–H and O–H groups in total. The number of rotatable bonds is 4. The molecular formula is C16H19N3O2. The molecule has 0 saturated carbocycles. The number of amides is 2. The van der Waals surface area contributed by atoms with E-state index in [0.29, 0.717) is 29.7 Å². The summed E-state index contributed by atoms with van der Waals surface area (Å²) in [6.07, 6.45) is 0.385. The lowest BCUT2D eigenvalue weighted by molar-refractivity contribution is -0.115. The Bertz CT molecular complexity index is 695. The summed E-state index contributed by atoms with van der Waals surface area (Å²) in [5.41, 5.74) is 2.68. The Morgan fingerprint density at radius 3 is 2.62 bits per heavy atom. The number of aryl methyl sites for hydroxylation is 1. The van der Waals surface area contributed by atoms with Crippen molar-refractivity contribution in [1.82, 2.24) is 10.3 Å². The summed E-state index contributed by atoms with van der Waals surface area (Å²) >= 11 is 0. The minimum Gasteiger partial charge on any atom is -0.352 e. The third kappa shape index (κ3) is 3.37. The van der Waals surface area contributed by atoms with Gasteiger partial charge in [-0.3, -0.25) is 14.6 Å². The zero-order valence-corrected chi connectivity index (χ0v) is 12.5. The van der Waals surface area contributed by atoms with E-state index in [-0.39, 0.29) is 11.8 Å². The molecule has 0 saturated heterocycles. The Hall–Kier alpha value is -2.43. The van der Waals surface area contributed by atoms with E-state index in [2.05, 4.69) is 15.6 Å². The third-order valence-corrected chi connectivity index (χ3v) is 3.13. The van der Waals surface area contributed by atoms with Crippen LogP contribution >= 0.6 is 0 Å². The summed E-state index contributed by atoms with van der Waals surface area (Å²) in [6.45, 7) is 6.09. The Labute approximate surface area is 123 Å². The second kappa shape index (κ2) is 6.35. The van der Waals surface area contributed by atoms with Crippen molar-refractivity contribution in [1.29, 1.82) is 0 Å². The number of carbonyl (C=O) groups is 2. The molecule has 1 heterocycles. The van der Waals surface area contributed by atoms with E-state index in [4.69, 9.17) is 0 Å². The van der Waals surface area contributed by atoms with Gasteiger partial charge in [-0.05, 0) is 32.0 Å². The van der Waals surface area contributed by atoms with Crippen LogP contribution < -0.4 is 10.6 Å². The van der Waals surface area contributed by atoms with Gasteiger partial charge in [-0.15, -0.1) is 0 Å². The number of carbonyl (C=O) groups excluding carboxylic acids is 2. The second-order valence-electron chi connectivity index (χ2n) is 4.80. The van der Waals surface area contributed by atoms with Crippen LogP contribution in [0, 0.1) is 6.92 Å². The van der Waals surface area contributed by atoms with Gasteiger partial charge in [0.15, 0.2) is 0 Å². The minimum atomic E-state index is -0.166. The fraction of sp³-hybridized carbons (Fsp3) is 0.312. The zero-order valence-electron chi connectivity index (χ0n) is 12.5.